The maximum Gasteiger partial charge on any atom is 0.343 e. The van der Waals surface area contributed by atoms with Gasteiger partial charge in [0.25, 0.3) is 0 Å². The van der Waals surface area contributed by atoms with E-state index in [1.807, 2.05) is 42.5 Å². The predicted molar refractivity (Wildman–Crippen MR) is 128 cm³/mol. The highest BCUT2D eigenvalue weighted by Crippen LogP contribution is 2.27. The molecule has 0 bridgehead atoms. The third-order valence-electron chi connectivity index (χ3n) is 5.53. The Morgan fingerprint density at radius 2 is 1.27 bits per heavy atom. The van der Waals surface area contributed by atoms with Gasteiger partial charge in [0.05, 0.1) is 10.6 Å². The Labute approximate surface area is 188 Å². The highest BCUT2D eigenvalue weighted by atomic mass is 35.5. The van der Waals surface area contributed by atoms with Crippen molar-refractivity contribution in [3.63, 3.8) is 0 Å². The van der Waals surface area contributed by atoms with Gasteiger partial charge in [0, 0.05) is 0 Å². The molecule has 0 aliphatic carbocycles. The summed E-state index contributed by atoms with van der Waals surface area (Å²) in [5, 5.41) is 0.498. The molecule has 0 aliphatic rings. The number of carbonyl (C=O) groups excluding carboxylic acids is 1. The Bertz CT molecular complexity index is 752. The molecule has 30 heavy (non-hydrogen) atoms. The van der Waals surface area contributed by atoms with Crippen LogP contribution in [0.2, 0.25) is 5.02 Å². The first-order valence-corrected chi connectivity index (χ1v) is 12.1. The number of hydrogen-bond acceptors (Lipinski definition) is 2. The smallest absolute Gasteiger partial charge is 0.343 e. The van der Waals surface area contributed by atoms with Crippen LogP contribution in [0.1, 0.15) is 99.5 Å². The van der Waals surface area contributed by atoms with Crippen molar-refractivity contribution < 1.29 is 9.53 Å². The molecule has 0 N–H and O–H groups in total. The van der Waals surface area contributed by atoms with Crippen LogP contribution in [-0.4, -0.2) is 5.97 Å². The third-order valence-corrected chi connectivity index (χ3v) is 5.82. The summed E-state index contributed by atoms with van der Waals surface area (Å²) >= 11 is 6.36. The SMILES string of the molecule is CCCCCCCc1ccc(C(=O)Oc2ccc(CCCCCCC)cc2Cl)cc1. The number of aryl methyl sites for hydroxylation is 2. The van der Waals surface area contributed by atoms with Crippen molar-refractivity contribution in [1.29, 1.82) is 0 Å². The van der Waals surface area contributed by atoms with Gasteiger partial charge >= 0.3 is 5.97 Å². The average Bonchev–Trinajstić information content (AvgIpc) is 2.75. The number of unbranched alkanes of at least 4 members (excludes halogenated alkanes) is 8. The zero-order valence-corrected chi connectivity index (χ0v) is 19.5. The van der Waals surface area contributed by atoms with Crippen molar-refractivity contribution in [2.75, 3.05) is 0 Å². The summed E-state index contributed by atoms with van der Waals surface area (Å²) in [6, 6.07) is 13.5. The number of carbonyl (C=O) groups is 1. The van der Waals surface area contributed by atoms with E-state index in [2.05, 4.69) is 13.8 Å². The summed E-state index contributed by atoms with van der Waals surface area (Å²) in [6.45, 7) is 4.46. The molecule has 0 fully saturated rings. The lowest BCUT2D eigenvalue weighted by atomic mass is 10.0. The lowest BCUT2D eigenvalue weighted by molar-refractivity contribution is 0.0735. The van der Waals surface area contributed by atoms with E-state index in [4.69, 9.17) is 16.3 Å². The number of esters is 1. The first kappa shape index (κ1) is 24.5. The topological polar surface area (TPSA) is 26.3 Å². The van der Waals surface area contributed by atoms with Gasteiger partial charge in [-0.05, 0) is 61.1 Å². The predicted octanol–water partition coefficient (Wildman–Crippen LogP) is 8.59. The van der Waals surface area contributed by atoms with Gasteiger partial charge in [0.15, 0.2) is 0 Å². The summed E-state index contributed by atoms with van der Waals surface area (Å²) in [5.41, 5.74) is 3.02. The Morgan fingerprint density at radius 3 is 1.83 bits per heavy atom. The quantitative estimate of drug-likeness (QED) is 0.171. The minimum absolute atomic E-state index is 0.362. The van der Waals surface area contributed by atoms with Gasteiger partial charge in [-0.25, -0.2) is 4.79 Å². The van der Waals surface area contributed by atoms with Crippen LogP contribution in [0.4, 0.5) is 0 Å². The maximum atomic E-state index is 12.5. The average molecular weight is 429 g/mol. The van der Waals surface area contributed by atoms with Crippen molar-refractivity contribution in [3.05, 3.63) is 64.2 Å². The van der Waals surface area contributed by atoms with Crippen molar-refractivity contribution in [2.24, 2.45) is 0 Å². The molecule has 0 unspecified atom stereocenters. The Morgan fingerprint density at radius 1 is 0.733 bits per heavy atom. The van der Waals surface area contributed by atoms with Crippen LogP contribution in [0.25, 0.3) is 0 Å². The molecular formula is C27H37ClO2. The molecule has 0 saturated heterocycles. The fourth-order valence-corrected chi connectivity index (χ4v) is 3.86. The minimum atomic E-state index is -0.362. The van der Waals surface area contributed by atoms with Gasteiger partial charge < -0.3 is 4.74 Å². The van der Waals surface area contributed by atoms with Crippen molar-refractivity contribution >= 4 is 17.6 Å². The van der Waals surface area contributed by atoms with E-state index in [0.29, 0.717) is 16.3 Å². The second-order valence-corrected chi connectivity index (χ2v) is 8.59. The zero-order chi connectivity index (χ0) is 21.6. The number of halogens is 1. The highest BCUT2D eigenvalue weighted by Gasteiger charge is 2.12. The molecule has 0 spiro atoms. The van der Waals surface area contributed by atoms with Crippen LogP contribution < -0.4 is 4.74 Å². The highest BCUT2D eigenvalue weighted by molar-refractivity contribution is 6.32. The standard InChI is InChI=1S/C27H37ClO2/c1-3-5-7-9-11-13-22-15-18-24(19-16-22)27(29)30-26-20-17-23(21-25(26)28)14-12-10-8-6-4-2/h15-21H,3-14H2,1-2H3. The van der Waals surface area contributed by atoms with E-state index in [1.54, 1.807) is 0 Å². The lowest BCUT2D eigenvalue weighted by Gasteiger charge is -2.09. The molecule has 2 aromatic rings. The van der Waals surface area contributed by atoms with E-state index in [9.17, 15) is 4.79 Å². The Hall–Kier alpha value is -1.80. The lowest BCUT2D eigenvalue weighted by Crippen LogP contribution is -2.09. The van der Waals surface area contributed by atoms with Gasteiger partial charge in [-0.1, -0.05) is 95.0 Å². The van der Waals surface area contributed by atoms with Crippen LogP contribution in [0.5, 0.6) is 5.75 Å². The molecule has 2 rings (SSSR count). The Kier molecular flexibility index (Phi) is 11.6. The number of hydrogen-bond donors (Lipinski definition) is 0. The Balaban J connectivity index is 1.82. The summed E-state index contributed by atoms with van der Waals surface area (Å²) < 4.78 is 5.54. The van der Waals surface area contributed by atoms with Gasteiger partial charge in [0.2, 0.25) is 0 Å². The van der Waals surface area contributed by atoms with Crippen LogP contribution >= 0.6 is 11.6 Å². The van der Waals surface area contributed by atoms with Gasteiger partial charge in [-0.2, -0.15) is 0 Å². The fourth-order valence-electron chi connectivity index (χ4n) is 3.61. The number of ether oxygens (including phenoxy) is 1. The second kappa shape index (κ2) is 14.2. The summed E-state index contributed by atoms with van der Waals surface area (Å²) in [6.07, 6.45) is 14.7. The number of rotatable bonds is 14. The molecule has 0 heterocycles. The van der Waals surface area contributed by atoms with E-state index >= 15 is 0 Å². The third kappa shape index (κ3) is 8.92. The fraction of sp³-hybridized carbons (Fsp3) is 0.519. The first-order chi connectivity index (χ1) is 14.6. The van der Waals surface area contributed by atoms with E-state index in [1.165, 1.54) is 75.3 Å². The van der Waals surface area contributed by atoms with Gasteiger partial charge in [-0.3, -0.25) is 0 Å². The van der Waals surface area contributed by atoms with Crippen molar-refractivity contribution in [2.45, 2.75) is 90.9 Å². The van der Waals surface area contributed by atoms with Gasteiger partial charge in [-0.15, -0.1) is 0 Å². The monoisotopic (exact) mass is 428 g/mol. The van der Waals surface area contributed by atoms with Crippen LogP contribution in [0.3, 0.4) is 0 Å². The molecule has 0 radical (unpaired) electrons. The maximum absolute atomic E-state index is 12.5. The molecule has 0 aromatic heterocycles. The van der Waals surface area contributed by atoms with Gasteiger partial charge in [0.1, 0.15) is 5.75 Å². The molecule has 2 nitrogen and oxygen atoms in total. The molecule has 3 heteroatoms. The zero-order valence-electron chi connectivity index (χ0n) is 18.7. The van der Waals surface area contributed by atoms with Crippen LogP contribution in [0.15, 0.2) is 42.5 Å². The molecule has 164 valence electrons. The minimum Gasteiger partial charge on any atom is -0.421 e. The largest absolute Gasteiger partial charge is 0.421 e. The first-order valence-electron chi connectivity index (χ1n) is 11.7. The molecule has 0 atom stereocenters. The number of benzene rings is 2. The summed E-state index contributed by atoms with van der Waals surface area (Å²) in [7, 11) is 0. The van der Waals surface area contributed by atoms with Crippen molar-refractivity contribution in [1.82, 2.24) is 0 Å². The van der Waals surface area contributed by atoms with E-state index in [-0.39, 0.29) is 5.97 Å². The van der Waals surface area contributed by atoms with Crippen molar-refractivity contribution in [3.8, 4) is 5.75 Å². The van der Waals surface area contributed by atoms with E-state index < -0.39 is 0 Å². The molecule has 2 aromatic carbocycles. The molecule has 0 saturated carbocycles. The summed E-state index contributed by atoms with van der Waals surface area (Å²) in [4.78, 5) is 12.5. The second-order valence-electron chi connectivity index (χ2n) is 8.18. The molecule has 0 amide bonds. The molecular weight excluding hydrogens is 392 g/mol. The summed E-state index contributed by atoms with van der Waals surface area (Å²) in [5.74, 6) is 0.0649. The van der Waals surface area contributed by atoms with Crippen LogP contribution in [0, 0.1) is 0 Å². The van der Waals surface area contributed by atoms with E-state index in [0.717, 1.165) is 12.8 Å². The van der Waals surface area contributed by atoms with Crippen LogP contribution in [-0.2, 0) is 12.8 Å². The normalized spacial score (nSPS) is 10.9. The molecule has 0 aliphatic heterocycles.